The van der Waals surface area contributed by atoms with E-state index in [1.165, 1.54) is 26.9 Å². The third kappa shape index (κ3) is 3.91. The van der Waals surface area contributed by atoms with Gasteiger partial charge in [-0.3, -0.25) is 14.3 Å². The van der Waals surface area contributed by atoms with E-state index >= 15 is 0 Å². The SMILES string of the molecule is Cc1scc(-c2nnc(SCC(=O)Nc3c(C)n(C)n(-c4ccccc4)c3=O)n2C)c1C. The number of aromatic nitrogens is 5. The van der Waals surface area contributed by atoms with E-state index in [1.54, 1.807) is 23.1 Å². The van der Waals surface area contributed by atoms with Crippen LogP contribution < -0.4 is 10.9 Å². The molecular formula is C22H24N6O2S2. The Kier molecular flexibility index (Phi) is 6.07. The second kappa shape index (κ2) is 8.79. The minimum Gasteiger partial charge on any atom is -0.319 e. The van der Waals surface area contributed by atoms with E-state index in [4.69, 9.17) is 0 Å². The molecular weight excluding hydrogens is 444 g/mol. The monoisotopic (exact) mass is 468 g/mol. The minimum absolute atomic E-state index is 0.118. The summed E-state index contributed by atoms with van der Waals surface area (Å²) < 4.78 is 5.17. The van der Waals surface area contributed by atoms with Gasteiger partial charge in [0.2, 0.25) is 5.91 Å². The van der Waals surface area contributed by atoms with Gasteiger partial charge < -0.3 is 9.88 Å². The molecule has 0 fully saturated rings. The fourth-order valence-electron chi connectivity index (χ4n) is 3.43. The number of nitrogens with one attached hydrogen (secondary N) is 1. The molecule has 4 aromatic rings. The number of amides is 1. The number of anilines is 1. The summed E-state index contributed by atoms with van der Waals surface area (Å²) >= 11 is 2.97. The van der Waals surface area contributed by atoms with Crippen molar-refractivity contribution in [3.63, 3.8) is 0 Å². The Morgan fingerprint density at radius 1 is 1.12 bits per heavy atom. The van der Waals surface area contributed by atoms with E-state index in [2.05, 4.69) is 34.7 Å². The number of thioether (sulfide) groups is 1. The van der Waals surface area contributed by atoms with E-state index in [1.807, 2.05) is 48.9 Å². The summed E-state index contributed by atoms with van der Waals surface area (Å²) in [5.41, 5.74) is 3.68. The number of thiophene rings is 1. The Bertz CT molecular complexity index is 1350. The zero-order chi connectivity index (χ0) is 23.0. The van der Waals surface area contributed by atoms with Crippen LogP contribution >= 0.6 is 23.1 Å². The number of para-hydroxylation sites is 1. The lowest BCUT2D eigenvalue weighted by Crippen LogP contribution is -2.23. The van der Waals surface area contributed by atoms with Gasteiger partial charge >= 0.3 is 0 Å². The Morgan fingerprint density at radius 2 is 1.84 bits per heavy atom. The van der Waals surface area contributed by atoms with Crippen LogP contribution in [-0.4, -0.2) is 35.8 Å². The van der Waals surface area contributed by atoms with Crippen LogP contribution in [0.5, 0.6) is 0 Å². The number of nitrogens with zero attached hydrogens (tertiary/aromatic N) is 5. The molecule has 0 saturated carbocycles. The van der Waals surface area contributed by atoms with Crippen LogP contribution in [0.2, 0.25) is 0 Å². The van der Waals surface area contributed by atoms with Crippen molar-refractivity contribution in [3.8, 4) is 17.1 Å². The van der Waals surface area contributed by atoms with Crippen LogP contribution in [0.1, 0.15) is 16.1 Å². The number of carbonyl (C=O) groups is 1. The molecule has 0 atom stereocenters. The highest BCUT2D eigenvalue weighted by atomic mass is 32.2. The molecule has 0 aliphatic rings. The van der Waals surface area contributed by atoms with Crippen molar-refractivity contribution < 1.29 is 4.79 Å². The van der Waals surface area contributed by atoms with E-state index in [-0.39, 0.29) is 22.9 Å². The van der Waals surface area contributed by atoms with Gasteiger partial charge in [0.15, 0.2) is 11.0 Å². The Hall–Kier alpha value is -3.11. The standard InChI is InChI=1S/C22H24N6O2S2/c1-13-15(3)31-11-17(13)20-24-25-22(26(20)4)32-12-18(29)23-19-14(2)27(5)28(21(19)30)16-9-7-6-8-10-16/h6-11H,12H2,1-5H3,(H,23,29). The lowest BCUT2D eigenvalue weighted by Gasteiger charge is -2.07. The zero-order valence-electron chi connectivity index (χ0n) is 18.5. The minimum atomic E-state index is -0.270. The first-order valence-electron chi connectivity index (χ1n) is 10.0. The second-order valence-electron chi connectivity index (χ2n) is 7.47. The molecule has 8 nitrogen and oxygen atoms in total. The highest BCUT2D eigenvalue weighted by Gasteiger charge is 2.20. The Morgan fingerprint density at radius 3 is 2.50 bits per heavy atom. The number of hydrogen-bond donors (Lipinski definition) is 1. The molecule has 0 spiro atoms. The average molecular weight is 469 g/mol. The maximum absolute atomic E-state index is 13.0. The quantitative estimate of drug-likeness (QED) is 0.436. The number of aryl methyl sites for hydroxylation is 1. The zero-order valence-corrected chi connectivity index (χ0v) is 20.2. The fourth-order valence-corrected chi connectivity index (χ4v) is 5.00. The molecule has 1 N–H and O–H groups in total. The maximum Gasteiger partial charge on any atom is 0.295 e. The number of benzene rings is 1. The van der Waals surface area contributed by atoms with Gasteiger partial charge in [0.1, 0.15) is 5.69 Å². The number of carbonyl (C=O) groups excluding carboxylic acids is 1. The summed E-state index contributed by atoms with van der Waals surface area (Å²) in [7, 11) is 3.69. The van der Waals surface area contributed by atoms with Gasteiger partial charge in [0.05, 0.1) is 17.1 Å². The van der Waals surface area contributed by atoms with Crippen LogP contribution in [-0.2, 0) is 18.9 Å². The molecule has 0 aliphatic carbocycles. The summed E-state index contributed by atoms with van der Waals surface area (Å²) in [5.74, 6) is 0.625. The number of rotatable bonds is 6. The average Bonchev–Trinajstić information content (AvgIpc) is 3.38. The van der Waals surface area contributed by atoms with Crippen LogP contribution in [0.3, 0.4) is 0 Å². The fraction of sp³-hybridized carbons (Fsp3) is 0.273. The van der Waals surface area contributed by atoms with Crippen molar-refractivity contribution in [1.29, 1.82) is 0 Å². The molecule has 3 heterocycles. The van der Waals surface area contributed by atoms with E-state index < -0.39 is 0 Å². The summed E-state index contributed by atoms with van der Waals surface area (Å²) in [4.78, 5) is 26.9. The van der Waals surface area contributed by atoms with Crippen molar-refractivity contribution in [1.82, 2.24) is 24.1 Å². The first kappa shape index (κ1) is 22.1. The summed E-state index contributed by atoms with van der Waals surface area (Å²) in [6.07, 6.45) is 0. The smallest absolute Gasteiger partial charge is 0.295 e. The van der Waals surface area contributed by atoms with Crippen LogP contribution in [0, 0.1) is 20.8 Å². The molecule has 3 aromatic heterocycles. The lowest BCUT2D eigenvalue weighted by molar-refractivity contribution is -0.113. The van der Waals surface area contributed by atoms with Gasteiger partial charge in [0, 0.05) is 29.9 Å². The van der Waals surface area contributed by atoms with Crippen LogP contribution in [0.15, 0.2) is 45.7 Å². The molecule has 4 rings (SSSR count). The molecule has 32 heavy (non-hydrogen) atoms. The van der Waals surface area contributed by atoms with Gasteiger partial charge in [-0.25, -0.2) is 4.68 Å². The summed E-state index contributed by atoms with van der Waals surface area (Å²) in [6.45, 7) is 5.96. The van der Waals surface area contributed by atoms with Gasteiger partial charge in [-0.1, -0.05) is 30.0 Å². The molecule has 166 valence electrons. The molecule has 0 radical (unpaired) electrons. The van der Waals surface area contributed by atoms with Crippen molar-refractivity contribution in [3.05, 3.63) is 62.2 Å². The third-order valence-corrected chi connectivity index (χ3v) is 7.55. The molecule has 1 amide bonds. The van der Waals surface area contributed by atoms with Crippen LogP contribution in [0.25, 0.3) is 17.1 Å². The van der Waals surface area contributed by atoms with Gasteiger partial charge in [-0.2, -0.15) is 0 Å². The van der Waals surface area contributed by atoms with Crippen molar-refractivity contribution >= 4 is 34.7 Å². The predicted octanol–water partition coefficient (Wildman–Crippen LogP) is 3.69. The van der Waals surface area contributed by atoms with Crippen molar-refractivity contribution in [2.24, 2.45) is 14.1 Å². The van der Waals surface area contributed by atoms with E-state index in [9.17, 15) is 9.59 Å². The first-order chi connectivity index (χ1) is 15.3. The molecule has 0 saturated heterocycles. The second-order valence-corrected chi connectivity index (χ2v) is 9.50. The first-order valence-corrected chi connectivity index (χ1v) is 11.9. The largest absolute Gasteiger partial charge is 0.319 e. The lowest BCUT2D eigenvalue weighted by atomic mass is 10.2. The Labute approximate surface area is 193 Å². The molecule has 1 aromatic carbocycles. The number of hydrogen-bond acceptors (Lipinski definition) is 6. The normalized spacial score (nSPS) is 11.2. The van der Waals surface area contributed by atoms with Crippen LogP contribution in [0.4, 0.5) is 5.69 Å². The topological polar surface area (TPSA) is 86.7 Å². The highest BCUT2D eigenvalue weighted by molar-refractivity contribution is 7.99. The maximum atomic E-state index is 13.0. The van der Waals surface area contributed by atoms with Gasteiger partial charge in [0.25, 0.3) is 5.56 Å². The molecule has 0 unspecified atom stereocenters. The van der Waals surface area contributed by atoms with Gasteiger partial charge in [-0.05, 0) is 38.5 Å². The molecule has 0 bridgehead atoms. The molecule has 0 aliphatic heterocycles. The van der Waals surface area contributed by atoms with Gasteiger partial charge in [-0.15, -0.1) is 21.5 Å². The summed E-state index contributed by atoms with van der Waals surface area (Å²) in [6, 6.07) is 9.33. The van der Waals surface area contributed by atoms with E-state index in [0.29, 0.717) is 10.9 Å². The predicted molar refractivity (Wildman–Crippen MR) is 129 cm³/mol. The Balaban J connectivity index is 1.49. The highest BCUT2D eigenvalue weighted by Crippen LogP contribution is 2.30. The van der Waals surface area contributed by atoms with Crippen molar-refractivity contribution in [2.45, 2.75) is 25.9 Å². The summed E-state index contributed by atoms with van der Waals surface area (Å²) in [5, 5.41) is 14.1. The third-order valence-electron chi connectivity index (χ3n) is 5.51. The van der Waals surface area contributed by atoms with E-state index in [0.717, 1.165) is 17.1 Å². The van der Waals surface area contributed by atoms with Crippen molar-refractivity contribution in [2.75, 3.05) is 11.1 Å². The molecule has 10 heteroatoms.